The second kappa shape index (κ2) is 11.4. The second-order valence-electron chi connectivity index (χ2n) is 9.94. The van der Waals surface area contributed by atoms with Gasteiger partial charge in [-0.05, 0) is 42.2 Å². The van der Waals surface area contributed by atoms with E-state index in [1.54, 1.807) is 0 Å². The van der Waals surface area contributed by atoms with E-state index < -0.39 is 14.8 Å². The van der Waals surface area contributed by atoms with Crippen LogP contribution in [0.3, 0.4) is 0 Å². The normalized spacial score (nSPS) is 11.8. The molecule has 0 atom stereocenters. The van der Waals surface area contributed by atoms with Crippen LogP contribution in [-0.2, 0) is 0 Å². The molecule has 0 aliphatic carbocycles. The Morgan fingerprint density at radius 3 is 0.675 bits per heavy atom. The standard InChI is InChI=1S/C36H28Cl2Si2/c37-39(31-13-5-1-6-14-31,32-15-7-2-8-16-32)35-25-21-29(22-26-35)30-23-27-36(28-24-30)40(38,33-17-9-3-10-18-33)34-19-11-4-12-20-34/h1-28H. The van der Waals surface area contributed by atoms with Crippen molar-refractivity contribution in [2.24, 2.45) is 0 Å². The number of hydrogen-bond donors (Lipinski definition) is 0. The molecule has 0 unspecified atom stereocenters. The largest absolute Gasteiger partial charge is 0.247 e. The monoisotopic (exact) mass is 586 g/mol. The Morgan fingerprint density at radius 1 is 0.250 bits per heavy atom. The van der Waals surface area contributed by atoms with Crippen LogP contribution in [0.15, 0.2) is 170 Å². The van der Waals surface area contributed by atoms with Crippen molar-refractivity contribution < 1.29 is 0 Å². The third kappa shape index (κ3) is 4.89. The molecule has 0 aliphatic heterocycles. The fourth-order valence-electron chi connectivity index (χ4n) is 5.46. The second-order valence-corrected chi connectivity index (χ2v) is 19.4. The third-order valence-electron chi connectivity index (χ3n) is 7.58. The maximum atomic E-state index is 7.63. The summed E-state index contributed by atoms with van der Waals surface area (Å²) in [4.78, 5) is 0. The molecule has 0 spiro atoms. The summed E-state index contributed by atoms with van der Waals surface area (Å²) in [5.41, 5.74) is 2.32. The average Bonchev–Trinajstić information content (AvgIpc) is 3.06. The van der Waals surface area contributed by atoms with Gasteiger partial charge in [0.25, 0.3) is 0 Å². The molecule has 6 aromatic rings. The van der Waals surface area contributed by atoms with E-state index in [0.717, 1.165) is 11.1 Å². The van der Waals surface area contributed by atoms with Gasteiger partial charge in [-0.2, -0.15) is 0 Å². The Morgan fingerprint density at radius 2 is 0.450 bits per heavy atom. The summed E-state index contributed by atoms with van der Waals surface area (Å²) in [7, 11) is -5.30. The van der Waals surface area contributed by atoms with Crippen molar-refractivity contribution >= 4 is 68.0 Å². The molecular weight excluding hydrogens is 559 g/mol. The van der Waals surface area contributed by atoms with Gasteiger partial charge in [0.1, 0.15) is 0 Å². The van der Waals surface area contributed by atoms with E-state index in [9.17, 15) is 0 Å². The third-order valence-corrected chi connectivity index (χ3v) is 18.3. The number of halogens is 2. The van der Waals surface area contributed by atoms with Gasteiger partial charge in [-0.3, -0.25) is 0 Å². The van der Waals surface area contributed by atoms with Gasteiger partial charge >= 0.3 is 0 Å². The molecule has 0 fully saturated rings. The van der Waals surface area contributed by atoms with Crippen LogP contribution >= 0.6 is 22.2 Å². The number of rotatable bonds is 7. The molecule has 194 valence electrons. The van der Waals surface area contributed by atoms with E-state index in [1.165, 1.54) is 31.1 Å². The highest BCUT2D eigenvalue weighted by Crippen LogP contribution is 2.21. The molecule has 4 heteroatoms. The van der Waals surface area contributed by atoms with E-state index in [-0.39, 0.29) is 0 Å². The quantitative estimate of drug-likeness (QED) is 0.127. The molecule has 0 bridgehead atoms. The predicted octanol–water partition coefficient (Wildman–Crippen LogP) is 5.77. The Balaban J connectivity index is 1.36. The van der Waals surface area contributed by atoms with Crippen LogP contribution in [0, 0.1) is 0 Å². The SMILES string of the molecule is Cl[Si](c1ccccc1)(c1ccccc1)c1ccc(-c2ccc([Si](Cl)(c3ccccc3)c3ccccc3)cc2)cc1. The van der Waals surface area contributed by atoms with Crippen LogP contribution in [-0.4, -0.2) is 14.8 Å². The lowest BCUT2D eigenvalue weighted by Crippen LogP contribution is -2.62. The summed E-state index contributed by atoms with van der Waals surface area (Å²) >= 11 is 15.3. The fraction of sp³-hybridized carbons (Fsp3) is 0. The molecule has 6 rings (SSSR count). The van der Waals surface area contributed by atoms with Crippen LogP contribution in [0.2, 0.25) is 0 Å². The molecule has 0 amide bonds. The molecule has 0 nitrogen and oxygen atoms in total. The lowest BCUT2D eigenvalue weighted by molar-refractivity contribution is 1.64. The van der Waals surface area contributed by atoms with E-state index >= 15 is 0 Å². The minimum absolute atomic E-state index is 1.16. The van der Waals surface area contributed by atoms with E-state index in [2.05, 4.69) is 146 Å². The molecular formula is C36H28Cl2Si2. The molecule has 0 saturated carbocycles. The number of hydrogen-bond acceptors (Lipinski definition) is 0. The Labute approximate surface area is 247 Å². The smallest absolute Gasteiger partial charge is 0.149 e. The first kappa shape index (κ1) is 26.6. The Hall–Kier alpha value is -3.67. The highest BCUT2D eigenvalue weighted by Gasteiger charge is 2.38. The van der Waals surface area contributed by atoms with Gasteiger partial charge in [0, 0.05) is 0 Å². The maximum Gasteiger partial charge on any atom is 0.247 e. The molecule has 0 heterocycles. The summed E-state index contributed by atoms with van der Waals surface area (Å²) in [5, 5.41) is 7.09. The average molecular weight is 588 g/mol. The Bertz CT molecular complexity index is 1460. The van der Waals surface area contributed by atoms with Crippen LogP contribution < -0.4 is 31.1 Å². The lowest BCUT2D eigenvalue weighted by Gasteiger charge is -2.27. The van der Waals surface area contributed by atoms with Crippen molar-refractivity contribution in [1.29, 1.82) is 0 Å². The predicted molar refractivity (Wildman–Crippen MR) is 179 cm³/mol. The van der Waals surface area contributed by atoms with Gasteiger partial charge in [-0.1, -0.05) is 170 Å². The minimum Gasteiger partial charge on any atom is -0.149 e. The first-order valence-corrected chi connectivity index (χ1v) is 19.4. The molecule has 40 heavy (non-hydrogen) atoms. The molecule has 0 aliphatic rings. The van der Waals surface area contributed by atoms with Crippen molar-refractivity contribution in [3.8, 4) is 11.1 Å². The fourth-order valence-corrected chi connectivity index (χ4v) is 13.6. The summed E-state index contributed by atoms with van der Waals surface area (Å²) < 4.78 is 0. The van der Waals surface area contributed by atoms with Crippen molar-refractivity contribution in [2.75, 3.05) is 0 Å². The topological polar surface area (TPSA) is 0 Å². The zero-order valence-corrected chi connectivity index (χ0v) is 25.4. The first-order chi connectivity index (χ1) is 19.6. The van der Waals surface area contributed by atoms with E-state index in [0.29, 0.717) is 0 Å². The molecule has 6 aromatic carbocycles. The zero-order valence-electron chi connectivity index (χ0n) is 21.9. The molecule has 0 saturated heterocycles. The number of benzene rings is 6. The van der Waals surface area contributed by atoms with Gasteiger partial charge in [0.15, 0.2) is 0 Å². The Kier molecular flexibility index (Phi) is 7.60. The van der Waals surface area contributed by atoms with Crippen LogP contribution in [0.25, 0.3) is 11.1 Å². The summed E-state index contributed by atoms with van der Waals surface area (Å²) in [6.45, 7) is 0. The van der Waals surface area contributed by atoms with Crippen LogP contribution in [0.1, 0.15) is 0 Å². The van der Waals surface area contributed by atoms with Crippen LogP contribution in [0.5, 0.6) is 0 Å². The molecule has 0 radical (unpaired) electrons. The molecule has 0 aromatic heterocycles. The minimum atomic E-state index is -2.65. The van der Waals surface area contributed by atoms with Crippen molar-refractivity contribution in [1.82, 2.24) is 0 Å². The molecule has 0 N–H and O–H groups in total. The van der Waals surface area contributed by atoms with E-state index in [1.807, 2.05) is 24.3 Å². The first-order valence-electron chi connectivity index (χ1n) is 13.4. The lowest BCUT2D eigenvalue weighted by atomic mass is 10.1. The highest BCUT2D eigenvalue weighted by atomic mass is 35.6. The summed E-state index contributed by atoms with van der Waals surface area (Å²) in [6, 6.07) is 59.6. The van der Waals surface area contributed by atoms with Gasteiger partial charge < -0.3 is 0 Å². The summed E-state index contributed by atoms with van der Waals surface area (Å²) in [5.74, 6) is 0. The van der Waals surface area contributed by atoms with Gasteiger partial charge in [-0.25, -0.2) is 0 Å². The maximum absolute atomic E-state index is 7.63. The van der Waals surface area contributed by atoms with Gasteiger partial charge in [0.2, 0.25) is 14.8 Å². The van der Waals surface area contributed by atoms with Crippen molar-refractivity contribution in [3.63, 3.8) is 0 Å². The zero-order chi connectivity index (χ0) is 27.4. The van der Waals surface area contributed by atoms with Gasteiger partial charge in [-0.15, -0.1) is 22.2 Å². The van der Waals surface area contributed by atoms with Crippen molar-refractivity contribution in [2.45, 2.75) is 0 Å². The van der Waals surface area contributed by atoms with Gasteiger partial charge in [0.05, 0.1) is 0 Å². The van der Waals surface area contributed by atoms with Crippen LogP contribution in [0.4, 0.5) is 0 Å². The van der Waals surface area contributed by atoms with E-state index in [4.69, 9.17) is 22.2 Å². The highest BCUT2D eigenvalue weighted by molar-refractivity contribution is 7.41. The van der Waals surface area contributed by atoms with Crippen molar-refractivity contribution in [3.05, 3.63) is 170 Å². The summed E-state index contributed by atoms with van der Waals surface area (Å²) in [6.07, 6.45) is 0.